The van der Waals surface area contributed by atoms with Gasteiger partial charge in [0.2, 0.25) is 5.91 Å². The number of nitrogens with one attached hydrogen (secondary N) is 2. The Morgan fingerprint density at radius 1 is 1.03 bits per heavy atom. The van der Waals surface area contributed by atoms with E-state index in [1.165, 1.54) is 18.3 Å². The lowest BCUT2D eigenvalue weighted by Crippen LogP contribution is -2.20. The zero-order chi connectivity index (χ0) is 23.5. The number of hydrogen-bond donors (Lipinski definition) is 2. The van der Waals surface area contributed by atoms with Crippen LogP contribution in [-0.2, 0) is 14.3 Å². The van der Waals surface area contributed by atoms with Crippen molar-refractivity contribution >= 4 is 62.3 Å². The first-order chi connectivity index (χ1) is 15.8. The standard InChI is InChI=1S/C23H19ClN4O4S/c1-13-19-11-20(33-22(19)28(27-13)18-9-3-15(24)4-10-18)23(31)32-12-21(30)26-17-7-5-16(6-8-17)25-14(2)29/h3-11H,12H2,1-2H3,(H,25,29)(H,26,30). The number of carbonyl (C=O) groups is 3. The summed E-state index contributed by atoms with van der Waals surface area (Å²) in [4.78, 5) is 37.0. The van der Waals surface area contributed by atoms with Gasteiger partial charge >= 0.3 is 5.97 Å². The van der Waals surface area contributed by atoms with Crippen molar-refractivity contribution in [3.8, 4) is 5.69 Å². The van der Waals surface area contributed by atoms with Crippen LogP contribution in [0.4, 0.5) is 11.4 Å². The number of anilines is 2. The molecule has 2 aromatic heterocycles. The minimum atomic E-state index is -0.589. The van der Waals surface area contributed by atoms with Gasteiger partial charge in [-0.1, -0.05) is 11.6 Å². The third kappa shape index (κ3) is 5.21. The molecule has 0 aliphatic rings. The van der Waals surface area contributed by atoms with Gasteiger partial charge in [0.15, 0.2) is 6.61 Å². The molecule has 0 unspecified atom stereocenters. The smallest absolute Gasteiger partial charge is 0.348 e. The van der Waals surface area contributed by atoms with E-state index >= 15 is 0 Å². The number of benzene rings is 2. The molecule has 4 rings (SSSR count). The Hall–Kier alpha value is -3.69. The molecule has 4 aromatic rings. The maximum absolute atomic E-state index is 12.5. The van der Waals surface area contributed by atoms with Crippen molar-refractivity contribution in [2.45, 2.75) is 13.8 Å². The molecule has 0 aliphatic heterocycles. The minimum Gasteiger partial charge on any atom is -0.451 e. The number of aryl methyl sites for hydroxylation is 1. The highest BCUT2D eigenvalue weighted by molar-refractivity contribution is 7.20. The van der Waals surface area contributed by atoms with Crippen molar-refractivity contribution in [2.75, 3.05) is 17.2 Å². The van der Waals surface area contributed by atoms with Gasteiger partial charge in [-0.3, -0.25) is 9.59 Å². The Kier molecular flexibility index (Phi) is 6.43. The van der Waals surface area contributed by atoms with Crippen molar-refractivity contribution in [2.24, 2.45) is 0 Å². The van der Waals surface area contributed by atoms with Crippen LogP contribution in [0.1, 0.15) is 22.3 Å². The van der Waals surface area contributed by atoms with E-state index in [0.29, 0.717) is 21.3 Å². The fourth-order valence-electron chi connectivity index (χ4n) is 3.14. The molecule has 0 fully saturated rings. The molecule has 0 atom stereocenters. The van der Waals surface area contributed by atoms with E-state index in [2.05, 4.69) is 15.7 Å². The summed E-state index contributed by atoms with van der Waals surface area (Å²) in [5.74, 6) is -1.24. The van der Waals surface area contributed by atoms with Crippen LogP contribution < -0.4 is 10.6 Å². The van der Waals surface area contributed by atoms with Crippen molar-refractivity contribution in [3.05, 3.63) is 70.2 Å². The number of nitrogens with zero attached hydrogens (tertiary/aromatic N) is 2. The number of carbonyl (C=O) groups excluding carboxylic acids is 3. The average molecular weight is 483 g/mol. The predicted octanol–water partition coefficient (Wildman–Crippen LogP) is 4.80. The number of thiophene rings is 1. The molecular formula is C23H19ClN4O4S. The van der Waals surface area contributed by atoms with Crippen LogP contribution in [0, 0.1) is 6.92 Å². The van der Waals surface area contributed by atoms with Crippen LogP contribution in [0.25, 0.3) is 15.9 Å². The van der Waals surface area contributed by atoms with Crippen LogP contribution >= 0.6 is 22.9 Å². The Balaban J connectivity index is 1.40. The van der Waals surface area contributed by atoms with Gasteiger partial charge in [0, 0.05) is 28.7 Å². The second-order valence-corrected chi connectivity index (χ2v) is 8.65. The van der Waals surface area contributed by atoms with Crippen LogP contribution in [0.5, 0.6) is 0 Å². The maximum Gasteiger partial charge on any atom is 0.348 e. The summed E-state index contributed by atoms with van der Waals surface area (Å²) < 4.78 is 6.94. The van der Waals surface area contributed by atoms with Gasteiger partial charge in [-0.25, -0.2) is 9.48 Å². The highest BCUT2D eigenvalue weighted by Gasteiger charge is 2.19. The molecule has 0 saturated carbocycles. The van der Waals surface area contributed by atoms with Gasteiger partial charge < -0.3 is 15.4 Å². The number of hydrogen-bond acceptors (Lipinski definition) is 6. The summed E-state index contributed by atoms with van der Waals surface area (Å²) >= 11 is 7.21. The van der Waals surface area contributed by atoms with Gasteiger partial charge in [0.1, 0.15) is 9.71 Å². The third-order valence-corrected chi connectivity index (χ3v) is 5.98. The number of ether oxygens (including phenoxy) is 1. The van der Waals surface area contributed by atoms with E-state index in [1.807, 2.05) is 19.1 Å². The molecule has 2 heterocycles. The lowest BCUT2D eigenvalue weighted by molar-refractivity contribution is -0.119. The Morgan fingerprint density at radius 3 is 2.30 bits per heavy atom. The van der Waals surface area contributed by atoms with Gasteiger partial charge in [0.05, 0.1) is 11.4 Å². The lowest BCUT2D eigenvalue weighted by Gasteiger charge is -2.07. The highest BCUT2D eigenvalue weighted by Crippen LogP contribution is 2.31. The first kappa shape index (κ1) is 22.5. The Bertz CT molecular complexity index is 1340. The molecule has 10 heteroatoms. The molecule has 0 saturated heterocycles. The van der Waals surface area contributed by atoms with E-state index in [-0.39, 0.29) is 5.91 Å². The fourth-order valence-corrected chi connectivity index (χ4v) is 4.35. The molecule has 8 nitrogen and oxygen atoms in total. The fraction of sp³-hybridized carbons (Fsp3) is 0.130. The monoisotopic (exact) mass is 482 g/mol. The van der Waals surface area contributed by atoms with Crippen LogP contribution in [0.2, 0.25) is 5.02 Å². The van der Waals surface area contributed by atoms with Crippen molar-refractivity contribution < 1.29 is 19.1 Å². The molecule has 2 N–H and O–H groups in total. The summed E-state index contributed by atoms with van der Waals surface area (Å²) in [5.41, 5.74) is 2.73. The number of fused-ring (bicyclic) bond motifs is 1. The molecule has 2 amide bonds. The van der Waals surface area contributed by atoms with Gasteiger partial charge in [-0.2, -0.15) is 5.10 Å². The molecule has 0 spiro atoms. The molecular weight excluding hydrogens is 464 g/mol. The topological polar surface area (TPSA) is 102 Å². The molecule has 0 aliphatic carbocycles. The average Bonchev–Trinajstić information content (AvgIpc) is 3.34. The number of halogens is 1. The largest absolute Gasteiger partial charge is 0.451 e. The normalized spacial score (nSPS) is 10.8. The van der Waals surface area contributed by atoms with E-state index in [1.54, 1.807) is 47.1 Å². The van der Waals surface area contributed by atoms with E-state index in [4.69, 9.17) is 16.3 Å². The van der Waals surface area contributed by atoms with Crippen LogP contribution in [0.3, 0.4) is 0 Å². The SMILES string of the molecule is CC(=O)Nc1ccc(NC(=O)COC(=O)c2cc3c(C)nn(-c4ccc(Cl)cc4)c3s2)cc1. The summed E-state index contributed by atoms with van der Waals surface area (Å²) in [6.07, 6.45) is 0. The summed E-state index contributed by atoms with van der Waals surface area (Å²) in [7, 11) is 0. The van der Waals surface area contributed by atoms with E-state index < -0.39 is 18.5 Å². The molecule has 0 bridgehead atoms. The molecule has 33 heavy (non-hydrogen) atoms. The summed E-state index contributed by atoms with van der Waals surface area (Å²) in [5, 5.41) is 11.3. The highest BCUT2D eigenvalue weighted by atomic mass is 35.5. The predicted molar refractivity (Wildman–Crippen MR) is 128 cm³/mol. The quantitative estimate of drug-likeness (QED) is 0.384. The summed E-state index contributed by atoms with van der Waals surface area (Å²) in [6, 6.07) is 15.6. The second kappa shape index (κ2) is 9.43. The molecule has 2 aromatic carbocycles. The lowest BCUT2D eigenvalue weighted by atomic mass is 10.2. The maximum atomic E-state index is 12.5. The molecule has 0 radical (unpaired) electrons. The van der Waals surface area contributed by atoms with Gasteiger partial charge in [-0.05, 0) is 61.5 Å². The Morgan fingerprint density at radius 2 is 1.67 bits per heavy atom. The van der Waals surface area contributed by atoms with E-state index in [9.17, 15) is 14.4 Å². The van der Waals surface area contributed by atoms with Crippen LogP contribution in [-0.4, -0.2) is 34.2 Å². The number of esters is 1. The minimum absolute atomic E-state index is 0.184. The summed E-state index contributed by atoms with van der Waals surface area (Å²) in [6.45, 7) is 2.85. The number of amides is 2. The number of rotatable bonds is 6. The third-order valence-electron chi connectivity index (χ3n) is 4.64. The van der Waals surface area contributed by atoms with Crippen molar-refractivity contribution in [3.63, 3.8) is 0 Å². The number of aromatic nitrogens is 2. The first-order valence-electron chi connectivity index (χ1n) is 9.90. The van der Waals surface area contributed by atoms with Crippen molar-refractivity contribution in [1.29, 1.82) is 0 Å². The molecule has 168 valence electrons. The van der Waals surface area contributed by atoms with Gasteiger partial charge in [0.25, 0.3) is 5.91 Å². The van der Waals surface area contributed by atoms with E-state index in [0.717, 1.165) is 21.6 Å². The zero-order valence-corrected chi connectivity index (χ0v) is 19.3. The second-order valence-electron chi connectivity index (χ2n) is 7.19. The van der Waals surface area contributed by atoms with Gasteiger partial charge in [-0.15, -0.1) is 11.3 Å². The zero-order valence-electron chi connectivity index (χ0n) is 17.7. The van der Waals surface area contributed by atoms with Crippen molar-refractivity contribution in [1.82, 2.24) is 9.78 Å². The first-order valence-corrected chi connectivity index (χ1v) is 11.1. The van der Waals surface area contributed by atoms with Crippen LogP contribution in [0.15, 0.2) is 54.6 Å². The Labute approximate surface area is 198 Å².